The van der Waals surface area contributed by atoms with Gasteiger partial charge in [0.1, 0.15) is 18.2 Å². The molecule has 3 nitrogen and oxygen atoms in total. The summed E-state index contributed by atoms with van der Waals surface area (Å²) in [5, 5.41) is 8.11. The maximum atomic E-state index is 13.0. The third-order valence-corrected chi connectivity index (χ3v) is 2.94. The van der Waals surface area contributed by atoms with Gasteiger partial charge in [0.15, 0.2) is 5.01 Å². The number of hydrogen-bond donors (Lipinski definition) is 0. The summed E-state index contributed by atoms with van der Waals surface area (Å²) in [4.78, 5) is 0. The highest BCUT2D eigenvalue weighted by atomic mass is 35.5. The topological polar surface area (TPSA) is 35.0 Å². The Hall–Kier alpha value is -1.20. The van der Waals surface area contributed by atoms with Crippen LogP contribution in [0.25, 0.3) is 0 Å². The van der Waals surface area contributed by atoms with E-state index >= 15 is 0 Å². The van der Waals surface area contributed by atoms with Crippen molar-refractivity contribution in [1.29, 1.82) is 0 Å². The van der Waals surface area contributed by atoms with E-state index in [1.807, 2.05) is 6.92 Å². The van der Waals surface area contributed by atoms with Crippen LogP contribution in [-0.4, -0.2) is 10.2 Å². The average molecular weight is 259 g/mol. The molecule has 1 aromatic carbocycles. The van der Waals surface area contributed by atoms with Crippen LogP contribution in [0.3, 0.4) is 0 Å². The van der Waals surface area contributed by atoms with Crippen molar-refractivity contribution < 1.29 is 9.13 Å². The second-order valence-corrected chi connectivity index (χ2v) is 4.79. The van der Waals surface area contributed by atoms with E-state index in [-0.39, 0.29) is 12.4 Å². The summed E-state index contributed by atoms with van der Waals surface area (Å²) < 4.78 is 18.7. The molecule has 1 heterocycles. The molecule has 16 heavy (non-hydrogen) atoms. The zero-order valence-electron chi connectivity index (χ0n) is 8.41. The lowest BCUT2D eigenvalue weighted by Crippen LogP contribution is -1.97. The summed E-state index contributed by atoms with van der Waals surface area (Å²) in [6, 6.07) is 4.40. The van der Waals surface area contributed by atoms with E-state index in [1.54, 1.807) is 6.07 Å². The molecule has 0 saturated heterocycles. The lowest BCUT2D eigenvalue weighted by atomic mass is 10.2. The minimum atomic E-state index is -0.323. The van der Waals surface area contributed by atoms with Gasteiger partial charge in [-0.1, -0.05) is 17.4 Å². The van der Waals surface area contributed by atoms with Crippen molar-refractivity contribution in [3.05, 3.63) is 39.1 Å². The standard InChI is InChI=1S/C10H8ClFN2OS/c1-6-2-3-7(12)4-8(6)15-5-9-13-14-10(11)16-9/h2-4H,5H2,1H3. The molecule has 0 amide bonds. The summed E-state index contributed by atoms with van der Waals surface area (Å²) in [6.45, 7) is 2.09. The average Bonchev–Trinajstić information content (AvgIpc) is 2.66. The Bertz CT molecular complexity index is 503. The molecule has 6 heteroatoms. The molecule has 0 atom stereocenters. The summed E-state index contributed by atoms with van der Waals surface area (Å²) in [5.74, 6) is 0.183. The molecule has 2 rings (SSSR count). The lowest BCUT2D eigenvalue weighted by Gasteiger charge is -2.06. The van der Waals surface area contributed by atoms with Gasteiger partial charge in [-0.3, -0.25) is 0 Å². The zero-order valence-corrected chi connectivity index (χ0v) is 9.98. The molecule has 0 spiro atoms. The Balaban J connectivity index is 2.07. The maximum absolute atomic E-state index is 13.0. The number of nitrogens with zero attached hydrogens (tertiary/aromatic N) is 2. The molecule has 0 bridgehead atoms. The van der Waals surface area contributed by atoms with Crippen molar-refractivity contribution in [3.63, 3.8) is 0 Å². The van der Waals surface area contributed by atoms with Crippen LogP contribution in [-0.2, 0) is 6.61 Å². The highest BCUT2D eigenvalue weighted by molar-refractivity contribution is 7.15. The summed E-state index contributed by atoms with van der Waals surface area (Å²) >= 11 is 6.87. The number of ether oxygens (including phenoxy) is 1. The van der Waals surface area contributed by atoms with Crippen molar-refractivity contribution >= 4 is 22.9 Å². The first-order valence-corrected chi connectivity index (χ1v) is 5.71. The zero-order chi connectivity index (χ0) is 11.5. The van der Waals surface area contributed by atoms with Gasteiger partial charge in [-0.15, -0.1) is 10.2 Å². The van der Waals surface area contributed by atoms with E-state index in [0.717, 1.165) is 5.56 Å². The van der Waals surface area contributed by atoms with Gasteiger partial charge < -0.3 is 4.74 Å². The van der Waals surface area contributed by atoms with Crippen LogP contribution in [0.5, 0.6) is 5.75 Å². The third kappa shape index (κ3) is 2.68. The van der Waals surface area contributed by atoms with E-state index in [0.29, 0.717) is 15.2 Å². The second-order valence-electron chi connectivity index (χ2n) is 3.15. The molecule has 0 aliphatic rings. The van der Waals surface area contributed by atoms with E-state index in [9.17, 15) is 4.39 Å². The SMILES string of the molecule is Cc1ccc(F)cc1OCc1nnc(Cl)s1. The first-order chi connectivity index (χ1) is 7.65. The summed E-state index contributed by atoms with van der Waals surface area (Å²) in [5.41, 5.74) is 0.872. The number of hydrogen-bond acceptors (Lipinski definition) is 4. The normalized spacial score (nSPS) is 10.4. The molecule has 0 radical (unpaired) electrons. The fourth-order valence-corrected chi connectivity index (χ4v) is 1.94. The van der Waals surface area contributed by atoms with E-state index in [2.05, 4.69) is 10.2 Å². The molecule has 0 N–H and O–H groups in total. The Kier molecular flexibility index (Phi) is 3.36. The highest BCUT2D eigenvalue weighted by Gasteiger charge is 2.05. The minimum absolute atomic E-state index is 0.245. The van der Waals surface area contributed by atoms with Crippen LogP contribution in [0.1, 0.15) is 10.6 Å². The fourth-order valence-electron chi connectivity index (χ4n) is 1.16. The van der Waals surface area contributed by atoms with Gasteiger partial charge in [-0.25, -0.2) is 4.39 Å². The largest absolute Gasteiger partial charge is 0.486 e. The van der Waals surface area contributed by atoms with Crippen LogP contribution in [0, 0.1) is 12.7 Å². The van der Waals surface area contributed by atoms with Crippen molar-refractivity contribution in [3.8, 4) is 5.75 Å². The van der Waals surface area contributed by atoms with Gasteiger partial charge in [0, 0.05) is 6.07 Å². The molecule has 0 fully saturated rings. The highest BCUT2D eigenvalue weighted by Crippen LogP contribution is 2.21. The van der Waals surface area contributed by atoms with Gasteiger partial charge in [0.2, 0.25) is 4.47 Å². The predicted molar refractivity (Wildman–Crippen MR) is 60.4 cm³/mol. The van der Waals surface area contributed by atoms with Crippen molar-refractivity contribution in [2.45, 2.75) is 13.5 Å². The van der Waals surface area contributed by atoms with E-state index in [1.165, 1.54) is 23.5 Å². The van der Waals surface area contributed by atoms with E-state index in [4.69, 9.17) is 16.3 Å². The Labute approximate surface area is 101 Å². The number of halogens is 2. The number of aromatic nitrogens is 2. The van der Waals surface area contributed by atoms with E-state index < -0.39 is 0 Å². The maximum Gasteiger partial charge on any atom is 0.207 e. The molecular weight excluding hydrogens is 251 g/mol. The molecule has 0 saturated carbocycles. The van der Waals surface area contributed by atoms with Crippen LogP contribution in [0.2, 0.25) is 4.47 Å². The molecule has 0 aliphatic heterocycles. The molecule has 0 unspecified atom stereocenters. The van der Waals surface area contributed by atoms with Crippen LogP contribution in [0.15, 0.2) is 18.2 Å². The molecular formula is C10H8ClFN2OS. The number of rotatable bonds is 3. The summed E-state index contributed by atoms with van der Waals surface area (Å²) in [7, 11) is 0. The quantitative estimate of drug-likeness (QED) is 0.848. The molecule has 1 aromatic heterocycles. The minimum Gasteiger partial charge on any atom is -0.486 e. The van der Waals surface area contributed by atoms with Crippen molar-refractivity contribution in [1.82, 2.24) is 10.2 Å². The third-order valence-electron chi connectivity index (χ3n) is 1.94. The van der Waals surface area contributed by atoms with Crippen LogP contribution >= 0.6 is 22.9 Å². The molecule has 84 valence electrons. The monoisotopic (exact) mass is 258 g/mol. The first-order valence-electron chi connectivity index (χ1n) is 4.52. The van der Waals surface area contributed by atoms with Gasteiger partial charge in [-0.2, -0.15) is 0 Å². The smallest absolute Gasteiger partial charge is 0.207 e. The number of benzene rings is 1. The second kappa shape index (κ2) is 4.76. The van der Waals surface area contributed by atoms with Gasteiger partial charge in [0.05, 0.1) is 0 Å². The molecule has 0 aliphatic carbocycles. The van der Waals surface area contributed by atoms with Crippen LogP contribution < -0.4 is 4.74 Å². The first kappa shape index (κ1) is 11.3. The predicted octanol–water partition coefficient (Wildman–Crippen LogP) is 3.22. The number of aryl methyl sites for hydroxylation is 1. The van der Waals surface area contributed by atoms with Crippen molar-refractivity contribution in [2.24, 2.45) is 0 Å². The van der Waals surface area contributed by atoms with Gasteiger partial charge >= 0.3 is 0 Å². The molecule has 2 aromatic rings. The Morgan fingerprint density at radius 1 is 1.44 bits per heavy atom. The van der Waals surface area contributed by atoms with Gasteiger partial charge in [-0.05, 0) is 30.2 Å². The van der Waals surface area contributed by atoms with Gasteiger partial charge in [0.25, 0.3) is 0 Å². The van der Waals surface area contributed by atoms with Crippen molar-refractivity contribution in [2.75, 3.05) is 0 Å². The Morgan fingerprint density at radius 3 is 2.94 bits per heavy atom. The van der Waals surface area contributed by atoms with Crippen LogP contribution in [0.4, 0.5) is 4.39 Å². The Morgan fingerprint density at radius 2 is 2.25 bits per heavy atom. The fraction of sp³-hybridized carbons (Fsp3) is 0.200. The lowest BCUT2D eigenvalue weighted by molar-refractivity contribution is 0.301. The summed E-state index contributed by atoms with van der Waals surface area (Å²) in [6.07, 6.45) is 0.